The lowest BCUT2D eigenvalue weighted by atomic mass is 10.1. The number of anilines is 2. The van der Waals surface area contributed by atoms with Crippen LogP contribution in [0.3, 0.4) is 0 Å². The summed E-state index contributed by atoms with van der Waals surface area (Å²) >= 11 is 0. The molecule has 0 aliphatic carbocycles. The van der Waals surface area contributed by atoms with Gasteiger partial charge in [0.25, 0.3) is 5.91 Å². The monoisotopic (exact) mass is 431 g/mol. The number of nitrogens with zero attached hydrogens (tertiary/aromatic N) is 4. The van der Waals surface area contributed by atoms with E-state index in [1.165, 1.54) is 17.9 Å². The number of amides is 2. The van der Waals surface area contributed by atoms with Crippen molar-refractivity contribution in [2.45, 2.75) is 20.8 Å². The van der Waals surface area contributed by atoms with Gasteiger partial charge in [-0.15, -0.1) is 0 Å². The largest absolute Gasteiger partial charge is 0.311 e. The van der Waals surface area contributed by atoms with Crippen molar-refractivity contribution in [2.75, 3.05) is 17.3 Å². The summed E-state index contributed by atoms with van der Waals surface area (Å²) in [6.07, 6.45) is 3.30. The van der Waals surface area contributed by atoms with Crippen LogP contribution in [-0.4, -0.2) is 33.4 Å². The summed E-state index contributed by atoms with van der Waals surface area (Å²) < 4.78 is 15.5. The van der Waals surface area contributed by atoms with Gasteiger partial charge in [0.15, 0.2) is 0 Å². The number of halogens is 1. The van der Waals surface area contributed by atoms with Crippen molar-refractivity contribution in [3.05, 3.63) is 77.5 Å². The number of pyridine rings is 1. The van der Waals surface area contributed by atoms with Crippen molar-refractivity contribution in [1.29, 1.82) is 0 Å². The van der Waals surface area contributed by atoms with Gasteiger partial charge < -0.3 is 10.2 Å². The second-order valence-corrected chi connectivity index (χ2v) is 7.66. The van der Waals surface area contributed by atoms with Gasteiger partial charge in [0, 0.05) is 25.2 Å². The zero-order valence-electron chi connectivity index (χ0n) is 18.2. The molecule has 0 aliphatic rings. The molecular weight excluding hydrogens is 409 g/mol. The Balaban J connectivity index is 1.72. The zero-order valence-corrected chi connectivity index (χ0v) is 18.2. The lowest BCUT2D eigenvalue weighted by Crippen LogP contribution is -2.26. The van der Waals surface area contributed by atoms with Crippen molar-refractivity contribution in [1.82, 2.24) is 14.5 Å². The first-order valence-corrected chi connectivity index (χ1v) is 10.0. The lowest BCUT2D eigenvalue weighted by Gasteiger charge is -2.19. The summed E-state index contributed by atoms with van der Waals surface area (Å²) in [5.74, 6) is -0.270. The maximum Gasteiger partial charge on any atom is 0.258 e. The molecule has 7 nitrogen and oxygen atoms in total. The van der Waals surface area contributed by atoms with Crippen LogP contribution in [0.5, 0.6) is 0 Å². The van der Waals surface area contributed by atoms with Crippen LogP contribution in [0.15, 0.2) is 55.0 Å². The first-order chi connectivity index (χ1) is 15.2. The molecule has 0 saturated heterocycles. The molecule has 32 heavy (non-hydrogen) atoms. The Morgan fingerprint density at radius 2 is 1.81 bits per heavy atom. The van der Waals surface area contributed by atoms with Crippen LogP contribution in [-0.2, 0) is 4.79 Å². The topological polar surface area (TPSA) is 80.1 Å². The normalized spacial score (nSPS) is 10.9. The first-order valence-electron chi connectivity index (χ1n) is 10.0. The number of aryl methyl sites for hydroxylation is 2. The van der Waals surface area contributed by atoms with Gasteiger partial charge >= 0.3 is 0 Å². The number of hydrogen-bond donors (Lipinski definition) is 1. The molecule has 0 aliphatic heterocycles. The summed E-state index contributed by atoms with van der Waals surface area (Å²) in [6, 6.07) is 11.7. The Morgan fingerprint density at radius 1 is 1.03 bits per heavy atom. The number of hydrogen-bond acceptors (Lipinski definition) is 4. The van der Waals surface area contributed by atoms with E-state index in [4.69, 9.17) is 0 Å². The molecule has 2 heterocycles. The van der Waals surface area contributed by atoms with Gasteiger partial charge in [-0.2, -0.15) is 0 Å². The third-order valence-electron chi connectivity index (χ3n) is 5.25. The van der Waals surface area contributed by atoms with E-state index in [0.717, 1.165) is 22.3 Å². The number of fused-ring (bicyclic) bond motifs is 1. The highest BCUT2D eigenvalue weighted by atomic mass is 19.1. The predicted molar refractivity (Wildman–Crippen MR) is 122 cm³/mol. The van der Waals surface area contributed by atoms with E-state index in [1.54, 1.807) is 56.8 Å². The van der Waals surface area contributed by atoms with Crippen LogP contribution in [0.4, 0.5) is 15.9 Å². The summed E-state index contributed by atoms with van der Waals surface area (Å²) in [5.41, 5.74) is 4.70. The van der Waals surface area contributed by atoms with Gasteiger partial charge in [0.1, 0.15) is 18.0 Å². The van der Waals surface area contributed by atoms with Crippen molar-refractivity contribution in [3.63, 3.8) is 0 Å². The average Bonchev–Trinajstić information content (AvgIpc) is 3.19. The molecule has 1 N–H and O–H groups in total. The lowest BCUT2D eigenvalue weighted by molar-refractivity contribution is -0.114. The fourth-order valence-electron chi connectivity index (χ4n) is 3.55. The molecule has 0 unspecified atom stereocenters. The second-order valence-electron chi connectivity index (χ2n) is 7.66. The van der Waals surface area contributed by atoms with Gasteiger partial charge in [-0.25, -0.2) is 14.4 Å². The maximum atomic E-state index is 13.6. The van der Waals surface area contributed by atoms with Gasteiger partial charge in [-0.1, -0.05) is 0 Å². The van der Waals surface area contributed by atoms with E-state index < -0.39 is 0 Å². The molecule has 4 rings (SSSR count). The van der Waals surface area contributed by atoms with E-state index in [-0.39, 0.29) is 17.6 Å². The Morgan fingerprint density at radius 3 is 2.47 bits per heavy atom. The van der Waals surface area contributed by atoms with Crippen LogP contribution in [0, 0.1) is 19.7 Å². The molecule has 2 amide bonds. The average molecular weight is 431 g/mol. The third kappa shape index (κ3) is 3.94. The van der Waals surface area contributed by atoms with Gasteiger partial charge in [0.05, 0.1) is 22.9 Å². The first kappa shape index (κ1) is 21.2. The summed E-state index contributed by atoms with van der Waals surface area (Å²) in [5, 5.41) is 2.63. The van der Waals surface area contributed by atoms with Crippen molar-refractivity contribution in [2.24, 2.45) is 0 Å². The Bertz CT molecular complexity index is 1340. The number of carbonyl (C=O) groups excluding carboxylic acids is 2. The van der Waals surface area contributed by atoms with Crippen LogP contribution >= 0.6 is 0 Å². The van der Waals surface area contributed by atoms with E-state index in [1.807, 2.05) is 17.6 Å². The van der Waals surface area contributed by atoms with E-state index >= 15 is 0 Å². The van der Waals surface area contributed by atoms with Crippen LogP contribution < -0.4 is 10.2 Å². The van der Waals surface area contributed by atoms with E-state index in [2.05, 4.69) is 15.3 Å². The number of aromatic nitrogens is 3. The van der Waals surface area contributed by atoms with Crippen LogP contribution in [0.25, 0.3) is 16.7 Å². The standard InChI is InChI=1S/C24H22FN5O2/c1-14-10-18(5-7-20(14)25)29(4)24(32)17-9-15(2)23-21(11-17)30(13-27-23)19-6-8-22(26-12-19)28-16(3)31/h5-13H,1-4H3,(H,26,28,31). The number of benzene rings is 2. The molecule has 0 radical (unpaired) electrons. The summed E-state index contributed by atoms with van der Waals surface area (Å²) in [4.78, 5) is 34.7. The second kappa shape index (κ2) is 8.22. The quantitative estimate of drug-likeness (QED) is 0.519. The Hall–Kier alpha value is -4.07. The molecule has 4 aromatic rings. The maximum absolute atomic E-state index is 13.6. The number of imidazole rings is 1. The predicted octanol–water partition coefficient (Wildman–Crippen LogP) is 4.41. The van der Waals surface area contributed by atoms with Crippen LogP contribution in [0.2, 0.25) is 0 Å². The third-order valence-corrected chi connectivity index (χ3v) is 5.25. The minimum absolute atomic E-state index is 0.197. The highest BCUT2D eigenvalue weighted by Gasteiger charge is 2.18. The van der Waals surface area contributed by atoms with Crippen molar-refractivity contribution < 1.29 is 14.0 Å². The smallest absolute Gasteiger partial charge is 0.258 e. The molecule has 8 heteroatoms. The van der Waals surface area contributed by atoms with E-state index in [9.17, 15) is 14.0 Å². The summed E-state index contributed by atoms with van der Waals surface area (Å²) in [7, 11) is 1.66. The molecule has 162 valence electrons. The highest BCUT2D eigenvalue weighted by molar-refractivity contribution is 6.07. The summed E-state index contributed by atoms with van der Waals surface area (Å²) in [6.45, 7) is 4.98. The molecular formula is C24H22FN5O2. The fraction of sp³-hybridized carbons (Fsp3) is 0.167. The number of nitrogens with one attached hydrogen (secondary N) is 1. The van der Waals surface area contributed by atoms with Gasteiger partial charge in [-0.05, 0) is 67.4 Å². The molecule has 0 saturated carbocycles. The van der Waals surface area contributed by atoms with Crippen LogP contribution in [0.1, 0.15) is 28.4 Å². The molecule has 0 spiro atoms. The SMILES string of the molecule is CC(=O)Nc1ccc(-n2cnc3c(C)cc(C(=O)N(C)c4ccc(F)c(C)c4)cc32)cn1. The molecule has 0 fully saturated rings. The van der Waals surface area contributed by atoms with Gasteiger partial charge in [0.2, 0.25) is 5.91 Å². The van der Waals surface area contributed by atoms with Crippen molar-refractivity contribution in [3.8, 4) is 5.69 Å². The van der Waals surface area contributed by atoms with Crippen molar-refractivity contribution >= 4 is 34.4 Å². The Labute approximate surface area is 184 Å². The van der Waals surface area contributed by atoms with Gasteiger partial charge in [-0.3, -0.25) is 14.2 Å². The minimum Gasteiger partial charge on any atom is -0.311 e. The number of rotatable bonds is 4. The fourth-order valence-corrected chi connectivity index (χ4v) is 3.55. The molecule has 2 aromatic heterocycles. The molecule has 0 atom stereocenters. The highest BCUT2D eigenvalue weighted by Crippen LogP contribution is 2.25. The zero-order chi connectivity index (χ0) is 23.0. The van der Waals surface area contributed by atoms with E-state index in [0.29, 0.717) is 22.6 Å². The number of carbonyl (C=O) groups is 2. The minimum atomic E-state index is -0.311. The molecule has 0 bridgehead atoms. The molecule has 2 aromatic carbocycles. The Kier molecular flexibility index (Phi) is 5.44.